The molecule has 2 aliphatic rings. The highest BCUT2D eigenvalue weighted by Crippen LogP contribution is 2.42. The van der Waals surface area contributed by atoms with Crippen molar-refractivity contribution >= 4 is 161 Å². The summed E-state index contributed by atoms with van der Waals surface area (Å²) in [5.41, 5.74) is 0.630. The number of benzene rings is 2. The maximum Gasteiger partial charge on any atom is 0.267 e. The van der Waals surface area contributed by atoms with Crippen LogP contribution in [0.4, 0.5) is 11.4 Å². The summed E-state index contributed by atoms with van der Waals surface area (Å²) in [5, 5.41) is 6.80. The van der Waals surface area contributed by atoms with Crippen LogP contribution < -0.4 is 10.6 Å². The molecule has 2 heterocycles. The normalized spacial score (nSPS) is 16.8. The quantitative estimate of drug-likeness (QED) is 0.140. The van der Waals surface area contributed by atoms with Crippen molar-refractivity contribution < 1.29 is 19.2 Å². The van der Waals surface area contributed by atoms with Crippen LogP contribution in [0, 0.1) is 0 Å². The van der Waals surface area contributed by atoms with Gasteiger partial charge in [0.05, 0.1) is 51.3 Å². The molecule has 2 aromatic carbocycles. The van der Waals surface area contributed by atoms with E-state index >= 15 is 0 Å². The first-order valence-corrected chi connectivity index (χ1v) is 17.2. The molecule has 4 amide bonds. The lowest BCUT2D eigenvalue weighted by Gasteiger charge is -2.15. The van der Waals surface area contributed by atoms with Gasteiger partial charge in [-0.05, 0) is 37.1 Å². The second-order valence-electron chi connectivity index (χ2n) is 9.10. The van der Waals surface area contributed by atoms with Crippen LogP contribution in [0.1, 0.15) is 25.7 Å². The molecule has 0 bridgehead atoms. The van der Waals surface area contributed by atoms with Gasteiger partial charge in [-0.15, -0.1) is 0 Å². The van der Waals surface area contributed by atoms with E-state index in [1.165, 1.54) is 34.1 Å². The van der Waals surface area contributed by atoms with Crippen molar-refractivity contribution in [3.8, 4) is 0 Å². The van der Waals surface area contributed by atoms with Crippen molar-refractivity contribution in [2.75, 3.05) is 23.7 Å². The molecular weight excluding hydrogens is 773 g/mol. The van der Waals surface area contributed by atoms with Crippen molar-refractivity contribution in [2.24, 2.45) is 0 Å². The Balaban J connectivity index is 1.29. The van der Waals surface area contributed by atoms with E-state index in [-0.39, 0.29) is 86.3 Å². The Morgan fingerprint density at radius 1 is 0.614 bits per heavy atom. The van der Waals surface area contributed by atoms with Crippen LogP contribution in [0.5, 0.6) is 0 Å². The zero-order valence-electron chi connectivity index (χ0n) is 22.0. The van der Waals surface area contributed by atoms with Crippen molar-refractivity contribution in [1.82, 2.24) is 9.80 Å². The minimum atomic E-state index is -0.439. The largest absolute Gasteiger partial charge is 0.325 e. The number of nitrogens with zero attached hydrogens (tertiary/aromatic N) is 2. The minimum absolute atomic E-state index is 0.0654. The zero-order valence-corrected chi connectivity index (χ0v) is 29.8. The van der Waals surface area contributed by atoms with Gasteiger partial charge in [-0.25, -0.2) is 0 Å². The van der Waals surface area contributed by atoms with Gasteiger partial charge in [0.2, 0.25) is 11.8 Å². The summed E-state index contributed by atoms with van der Waals surface area (Å²) in [6, 6.07) is 5.75. The fraction of sp³-hybridized carbons (Fsp3) is 0.231. The highest BCUT2D eigenvalue weighted by molar-refractivity contribution is 8.29. The van der Waals surface area contributed by atoms with E-state index in [1.807, 2.05) is 0 Å². The molecule has 2 aliphatic heterocycles. The molecule has 0 unspecified atom stereocenters. The number of thiocarbonyl (C=S) groups is 2. The van der Waals surface area contributed by atoms with Gasteiger partial charge in [0, 0.05) is 25.9 Å². The molecule has 4 rings (SSSR count). The molecule has 0 aliphatic carbocycles. The van der Waals surface area contributed by atoms with Gasteiger partial charge in [-0.3, -0.25) is 29.0 Å². The van der Waals surface area contributed by atoms with Gasteiger partial charge in [0.15, 0.2) is 0 Å². The van der Waals surface area contributed by atoms with Gasteiger partial charge in [0.25, 0.3) is 11.8 Å². The third-order valence-electron chi connectivity index (χ3n) is 6.04. The molecule has 2 saturated heterocycles. The molecule has 232 valence electrons. The number of rotatable bonds is 10. The number of anilines is 2. The zero-order chi connectivity index (χ0) is 32.3. The second-order valence-corrected chi connectivity index (χ2v) is 14.8. The van der Waals surface area contributed by atoms with Gasteiger partial charge in [0.1, 0.15) is 8.64 Å². The predicted octanol–water partition coefficient (Wildman–Crippen LogP) is 8.68. The summed E-state index contributed by atoms with van der Waals surface area (Å²) < 4.78 is 0.529. The number of hydrogen-bond acceptors (Lipinski definition) is 8. The Morgan fingerprint density at radius 3 is 1.32 bits per heavy atom. The van der Waals surface area contributed by atoms with E-state index < -0.39 is 11.8 Å². The Hall–Kier alpha value is -1.32. The van der Waals surface area contributed by atoms with Crippen LogP contribution in [0.2, 0.25) is 30.1 Å². The summed E-state index contributed by atoms with van der Waals surface area (Å²) in [4.78, 5) is 54.3. The molecule has 0 aromatic heterocycles. The number of carbonyl (C=O) groups excluding carboxylic acids is 4. The van der Waals surface area contributed by atoms with Crippen molar-refractivity contribution in [2.45, 2.75) is 25.7 Å². The second kappa shape index (κ2) is 15.5. The molecule has 0 atom stereocenters. The fourth-order valence-corrected chi connectivity index (χ4v) is 7.87. The lowest BCUT2D eigenvalue weighted by Crippen LogP contribution is -2.31. The van der Waals surface area contributed by atoms with Crippen molar-refractivity contribution in [3.05, 3.63) is 64.2 Å². The summed E-state index contributed by atoms with van der Waals surface area (Å²) in [6.45, 7) is 0.323. The first-order chi connectivity index (χ1) is 20.8. The molecule has 2 aromatic rings. The van der Waals surface area contributed by atoms with E-state index in [2.05, 4.69) is 10.6 Å². The summed E-state index contributed by atoms with van der Waals surface area (Å²) >= 11 is 48.8. The lowest BCUT2D eigenvalue weighted by atomic mass is 10.2. The highest BCUT2D eigenvalue weighted by Gasteiger charge is 2.41. The molecule has 0 radical (unpaired) electrons. The molecule has 44 heavy (non-hydrogen) atoms. The van der Waals surface area contributed by atoms with Crippen LogP contribution in [-0.2, 0) is 19.2 Å². The molecule has 2 N–H and O–H groups in total. The third-order valence-corrected chi connectivity index (χ3v) is 11.1. The number of thioether (sulfide) groups is 2. The SMILES string of the molecule is O=C(CCCN1C(=O)C(=C2SC(=S)N(CCCC(=O)Nc3cc(Cl)c(Cl)cc3Cl)C2=O)SC1=S)Nc1cc(Cl)c(Cl)cc1Cl. The number of halogens is 6. The number of nitrogens with one attached hydrogen (secondary N) is 2. The fourth-order valence-electron chi connectivity index (χ4n) is 3.91. The average molecular weight is 791 g/mol. The highest BCUT2D eigenvalue weighted by atomic mass is 35.5. The molecule has 2 fully saturated rings. The predicted molar refractivity (Wildman–Crippen MR) is 190 cm³/mol. The molecule has 0 saturated carbocycles. The minimum Gasteiger partial charge on any atom is -0.325 e. The van der Waals surface area contributed by atoms with E-state index in [4.69, 9.17) is 94.0 Å². The Kier molecular flexibility index (Phi) is 12.5. The molecule has 18 heteroatoms. The van der Waals surface area contributed by atoms with Crippen LogP contribution in [0.25, 0.3) is 0 Å². The summed E-state index contributed by atoms with van der Waals surface area (Å²) in [7, 11) is 0. The molecular formula is C26H18Cl6N4O4S4. The lowest BCUT2D eigenvalue weighted by molar-refractivity contribution is -0.124. The maximum atomic E-state index is 13.2. The van der Waals surface area contributed by atoms with Gasteiger partial charge in [-0.2, -0.15) is 0 Å². The first kappa shape index (κ1) is 35.5. The van der Waals surface area contributed by atoms with E-state index in [0.29, 0.717) is 24.2 Å². The Bertz CT molecular complexity index is 1520. The summed E-state index contributed by atoms with van der Waals surface area (Å²) in [6.07, 6.45) is 0.716. The molecule has 8 nitrogen and oxygen atoms in total. The van der Waals surface area contributed by atoms with Crippen LogP contribution >= 0.6 is 118 Å². The van der Waals surface area contributed by atoms with E-state index in [0.717, 1.165) is 23.5 Å². The Labute approximate surface area is 301 Å². The third kappa shape index (κ3) is 8.52. The standard InChI is InChI=1S/C26H18Cl6N4O4S4/c27-11-7-15(31)17(9-13(11)29)33-19(37)3-1-5-35-23(39)21(43-25(35)41)22-24(40)36(26(42)44-22)6-2-4-20(38)34-18-10-14(30)12(28)8-16(18)32/h7-10H,1-6H2,(H,33,37)(H,34,38). The van der Waals surface area contributed by atoms with Gasteiger partial charge in [-0.1, -0.05) is 118 Å². The van der Waals surface area contributed by atoms with Gasteiger partial charge < -0.3 is 10.6 Å². The van der Waals surface area contributed by atoms with Gasteiger partial charge >= 0.3 is 0 Å². The molecule has 0 spiro atoms. The number of amides is 4. The Morgan fingerprint density at radius 2 is 0.955 bits per heavy atom. The first-order valence-electron chi connectivity index (χ1n) is 12.5. The van der Waals surface area contributed by atoms with Crippen LogP contribution in [0.15, 0.2) is 34.1 Å². The van der Waals surface area contributed by atoms with Crippen LogP contribution in [-0.4, -0.2) is 55.2 Å². The van der Waals surface area contributed by atoms with Crippen molar-refractivity contribution in [1.29, 1.82) is 0 Å². The monoisotopic (exact) mass is 788 g/mol. The summed E-state index contributed by atoms with van der Waals surface area (Å²) in [5.74, 6) is -1.56. The number of hydrogen-bond donors (Lipinski definition) is 2. The van der Waals surface area contributed by atoms with E-state index in [9.17, 15) is 19.2 Å². The topological polar surface area (TPSA) is 98.8 Å². The van der Waals surface area contributed by atoms with Crippen molar-refractivity contribution in [3.63, 3.8) is 0 Å². The smallest absolute Gasteiger partial charge is 0.267 e. The average Bonchev–Trinajstić information content (AvgIpc) is 3.39. The van der Waals surface area contributed by atoms with Crippen LogP contribution in [0.3, 0.4) is 0 Å². The maximum absolute atomic E-state index is 13.2. The van der Waals surface area contributed by atoms with E-state index in [1.54, 1.807) is 0 Å². The number of carbonyl (C=O) groups is 4.